The van der Waals surface area contributed by atoms with Gasteiger partial charge in [0, 0.05) is 16.9 Å². The van der Waals surface area contributed by atoms with Crippen molar-refractivity contribution < 1.29 is 14.3 Å². The summed E-state index contributed by atoms with van der Waals surface area (Å²) in [6.07, 6.45) is -0.491. The Bertz CT molecular complexity index is 481. The lowest BCUT2D eigenvalue weighted by Gasteiger charge is -2.19. The van der Waals surface area contributed by atoms with Crippen molar-refractivity contribution >= 4 is 24.6 Å². The van der Waals surface area contributed by atoms with Crippen LogP contribution in [0, 0.1) is 0 Å². The van der Waals surface area contributed by atoms with Gasteiger partial charge < -0.3 is 15.4 Å². The van der Waals surface area contributed by atoms with Gasteiger partial charge in [-0.3, -0.25) is 4.79 Å². The normalized spacial score (nSPS) is 10.9. The Hall–Kier alpha value is -1.69. The van der Waals surface area contributed by atoms with Gasteiger partial charge >= 0.3 is 6.09 Å². The van der Waals surface area contributed by atoms with Gasteiger partial charge in [-0.2, -0.15) is 12.6 Å². The van der Waals surface area contributed by atoms with Crippen LogP contribution in [0.2, 0.25) is 0 Å². The minimum absolute atomic E-state index is 0.127. The number of carbonyl (C=O) groups is 2. The Labute approximate surface area is 130 Å². The molecule has 0 aliphatic rings. The van der Waals surface area contributed by atoms with Crippen molar-refractivity contribution in [2.24, 2.45) is 0 Å². The quantitative estimate of drug-likeness (QED) is 0.578. The number of rotatable bonds is 5. The molecule has 0 radical (unpaired) electrons. The predicted octanol–water partition coefficient (Wildman–Crippen LogP) is 2.37. The van der Waals surface area contributed by atoms with Gasteiger partial charge in [-0.15, -0.1) is 0 Å². The van der Waals surface area contributed by atoms with E-state index in [2.05, 4.69) is 23.3 Å². The largest absolute Gasteiger partial charge is 0.448 e. The molecule has 0 aliphatic heterocycles. The summed E-state index contributed by atoms with van der Waals surface area (Å²) in [6, 6.07) is 7.20. The van der Waals surface area contributed by atoms with Gasteiger partial charge in [-0.1, -0.05) is 12.1 Å². The molecule has 21 heavy (non-hydrogen) atoms. The number of amides is 2. The van der Waals surface area contributed by atoms with Crippen LogP contribution in [0.3, 0.4) is 0 Å². The van der Waals surface area contributed by atoms with E-state index in [0.29, 0.717) is 11.3 Å². The summed E-state index contributed by atoms with van der Waals surface area (Å²) in [5.41, 5.74) is 1.28. The van der Waals surface area contributed by atoms with Crippen molar-refractivity contribution in [3.63, 3.8) is 0 Å². The third-order valence-electron chi connectivity index (χ3n) is 2.50. The first kappa shape index (κ1) is 17.4. The van der Waals surface area contributed by atoms with Crippen LogP contribution in [-0.2, 0) is 10.5 Å². The maximum atomic E-state index is 11.8. The second-order valence-corrected chi connectivity index (χ2v) is 5.94. The van der Waals surface area contributed by atoms with E-state index in [1.807, 2.05) is 32.9 Å². The third-order valence-corrected chi connectivity index (χ3v) is 2.86. The molecule has 2 amide bonds. The average Bonchev–Trinajstić information content (AvgIpc) is 2.41. The van der Waals surface area contributed by atoms with Gasteiger partial charge in [0.15, 0.2) is 0 Å². The lowest BCUT2D eigenvalue weighted by atomic mass is 10.1. The van der Waals surface area contributed by atoms with Crippen molar-refractivity contribution in [1.82, 2.24) is 10.6 Å². The first-order chi connectivity index (χ1) is 9.81. The molecule has 1 rings (SSSR count). The molecule has 0 spiro atoms. The number of hydrogen-bond acceptors (Lipinski definition) is 4. The monoisotopic (exact) mass is 310 g/mol. The summed E-state index contributed by atoms with van der Waals surface area (Å²) in [7, 11) is 0. The molecule has 0 heterocycles. The Balaban J connectivity index is 2.28. The fourth-order valence-corrected chi connectivity index (χ4v) is 1.72. The molecule has 0 bridgehead atoms. The molecule has 1 aromatic rings. The fourth-order valence-electron chi connectivity index (χ4n) is 1.51. The predicted molar refractivity (Wildman–Crippen MR) is 85.7 cm³/mol. The van der Waals surface area contributed by atoms with Crippen molar-refractivity contribution in [3.05, 3.63) is 35.4 Å². The molecule has 0 aliphatic carbocycles. The molecule has 0 saturated heterocycles. The maximum absolute atomic E-state index is 11.8. The molecule has 6 heteroatoms. The minimum Gasteiger partial charge on any atom is -0.448 e. The molecule has 1 aromatic carbocycles. The fraction of sp³-hybridized carbons (Fsp3) is 0.467. The summed E-state index contributed by atoms with van der Waals surface area (Å²) in [4.78, 5) is 23.2. The number of benzene rings is 1. The molecule has 5 nitrogen and oxygen atoms in total. The Kier molecular flexibility index (Phi) is 6.55. The Morgan fingerprint density at radius 3 is 2.33 bits per heavy atom. The van der Waals surface area contributed by atoms with Crippen LogP contribution in [0.15, 0.2) is 24.3 Å². The van der Waals surface area contributed by atoms with E-state index in [4.69, 9.17) is 4.74 Å². The topological polar surface area (TPSA) is 67.4 Å². The minimum atomic E-state index is -0.491. The second kappa shape index (κ2) is 7.93. The van der Waals surface area contributed by atoms with E-state index >= 15 is 0 Å². The lowest BCUT2D eigenvalue weighted by Crippen LogP contribution is -2.41. The van der Waals surface area contributed by atoms with Crippen LogP contribution in [0.1, 0.15) is 36.7 Å². The summed E-state index contributed by atoms with van der Waals surface area (Å²) >= 11 is 4.16. The molecule has 0 atom stereocenters. The zero-order valence-electron chi connectivity index (χ0n) is 12.6. The molecule has 0 aromatic heterocycles. The first-order valence-electron chi connectivity index (χ1n) is 6.75. The van der Waals surface area contributed by atoms with Gasteiger partial charge in [-0.05, 0) is 38.5 Å². The van der Waals surface area contributed by atoms with Gasteiger partial charge in [0.2, 0.25) is 0 Å². The smallest absolute Gasteiger partial charge is 0.407 e. The molecular weight excluding hydrogens is 288 g/mol. The highest BCUT2D eigenvalue weighted by molar-refractivity contribution is 7.79. The summed E-state index contributed by atoms with van der Waals surface area (Å²) in [5.74, 6) is 0.444. The van der Waals surface area contributed by atoms with Gasteiger partial charge in [0.25, 0.3) is 5.91 Å². The van der Waals surface area contributed by atoms with Crippen molar-refractivity contribution in [2.45, 2.75) is 32.1 Å². The Morgan fingerprint density at radius 2 is 1.81 bits per heavy atom. The van der Waals surface area contributed by atoms with Crippen LogP contribution in [-0.4, -0.2) is 30.7 Å². The third kappa shape index (κ3) is 7.04. The second-order valence-electron chi connectivity index (χ2n) is 5.62. The number of thiol groups is 1. The van der Waals surface area contributed by atoms with E-state index in [-0.39, 0.29) is 24.6 Å². The van der Waals surface area contributed by atoms with Crippen LogP contribution >= 0.6 is 12.6 Å². The molecule has 0 fully saturated rings. The average molecular weight is 310 g/mol. The number of hydrogen-bond donors (Lipinski definition) is 3. The van der Waals surface area contributed by atoms with E-state index in [0.717, 1.165) is 5.56 Å². The number of alkyl carbamates (subject to hydrolysis) is 1. The van der Waals surface area contributed by atoms with Gasteiger partial charge in [0.1, 0.15) is 6.61 Å². The van der Waals surface area contributed by atoms with Crippen LogP contribution in [0.25, 0.3) is 0 Å². The van der Waals surface area contributed by atoms with Crippen LogP contribution < -0.4 is 10.6 Å². The van der Waals surface area contributed by atoms with E-state index < -0.39 is 6.09 Å². The van der Waals surface area contributed by atoms with Gasteiger partial charge in [-0.25, -0.2) is 4.79 Å². The highest BCUT2D eigenvalue weighted by Crippen LogP contribution is 2.06. The van der Waals surface area contributed by atoms with Crippen molar-refractivity contribution in [3.8, 4) is 0 Å². The molecule has 2 N–H and O–H groups in total. The molecular formula is C15H22N2O3S. The zero-order valence-corrected chi connectivity index (χ0v) is 13.5. The SMILES string of the molecule is CC(C)(C)NC(=O)OCCNC(=O)c1ccc(CS)cc1. The van der Waals surface area contributed by atoms with Crippen molar-refractivity contribution in [1.29, 1.82) is 0 Å². The van der Waals surface area contributed by atoms with Crippen molar-refractivity contribution in [2.75, 3.05) is 13.2 Å². The number of carbonyl (C=O) groups excluding carboxylic acids is 2. The summed E-state index contributed by atoms with van der Waals surface area (Å²) in [5, 5.41) is 5.36. The molecule has 116 valence electrons. The molecule has 0 unspecified atom stereocenters. The highest BCUT2D eigenvalue weighted by Gasteiger charge is 2.14. The zero-order chi connectivity index (χ0) is 15.9. The summed E-state index contributed by atoms with van der Waals surface area (Å²) < 4.78 is 4.97. The van der Waals surface area contributed by atoms with Crippen LogP contribution in [0.5, 0.6) is 0 Å². The highest BCUT2D eigenvalue weighted by atomic mass is 32.1. The van der Waals surface area contributed by atoms with E-state index in [1.54, 1.807) is 12.1 Å². The number of nitrogens with one attached hydrogen (secondary N) is 2. The van der Waals surface area contributed by atoms with E-state index in [9.17, 15) is 9.59 Å². The summed E-state index contributed by atoms with van der Waals surface area (Å²) in [6.45, 7) is 5.99. The van der Waals surface area contributed by atoms with Gasteiger partial charge in [0.05, 0.1) is 6.54 Å². The molecule has 0 saturated carbocycles. The maximum Gasteiger partial charge on any atom is 0.407 e. The van der Waals surface area contributed by atoms with Crippen LogP contribution in [0.4, 0.5) is 4.79 Å². The lowest BCUT2D eigenvalue weighted by molar-refractivity contribution is 0.0931. The van der Waals surface area contributed by atoms with E-state index in [1.165, 1.54) is 0 Å². The first-order valence-corrected chi connectivity index (χ1v) is 7.38. The number of ether oxygens (including phenoxy) is 1. The standard InChI is InChI=1S/C15H22N2O3S/c1-15(2,3)17-14(19)20-9-8-16-13(18)12-6-4-11(10-21)5-7-12/h4-7,21H,8-10H2,1-3H3,(H,16,18)(H,17,19). The Morgan fingerprint density at radius 1 is 1.19 bits per heavy atom.